The van der Waals surface area contributed by atoms with Crippen LogP contribution < -0.4 is 24.0 Å². The fourth-order valence-electron chi connectivity index (χ4n) is 5.94. The van der Waals surface area contributed by atoms with Gasteiger partial charge in [-0.05, 0) is 54.7 Å². The van der Waals surface area contributed by atoms with E-state index in [0.29, 0.717) is 18.5 Å². The van der Waals surface area contributed by atoms with Crippen LogP contribution in [0.5, 0.6) is 17.4 Å². The summed E-state index contributed by atoms with van der Waals surface area (Å²) in [5.74, 6) is 3.43. The Balaban J connectivity index is 1.19. The minimum Gasteiger partial charge on any atom is -0.497 e. The number of ether oxygens (including phenoxy) is 5. The molecule has 8 nitrogen and oxygen atoms in total. The van der Waals surface area contributed by atoms with Crippen LogP contribution >= 0.6 is 0 Å². The number of hydrogen-bond acceptors (Lipinski definition) is 8. The predicted molar refractivity (Wildman–Crippen MR) is 160 cm³/mol. The van der Waals surface area contributed by atoms with Crippen molar-refractivity contribution in [1.82, 2.24) is 4.98 Å². The third kappa shape index (κ3) is 7.24. The number of nitrogens with zero attached hydrogens (tertiary/aromatic N) is 3. The number of morpholine rings is 1. The van der Waals surface area contributed by atoms with Crippen LogP contribution in [0.1, 0.15) is 36.8 Å². The van der Waals surface area contributed by atoms with E-state index >= 15 is 0 Å². The zero-order valence-electron chi connectivity index (χ0n) is 24.0. The maximum atomic E-state index is 6.30. The summed E-state index contributed by atoms with van der Waals surface area (Å²) in [5, 5.41) is 0. The topological polar surface area (TPSA) is 65.5 Å². The first-order chi connectivity index (χ1) is 20.2. The molecule has 218 valence electrons. The number of pyridine rings is 1. The van der Waals surface area contributed by atoms with Crippen molar-refractivity contribution in [3.63, 3.8) is 0 Å². The van der Waals surface area contributed by atoms with Gasteiger partial charge in [-0.1, -0.05) is 24.3 Å². The second-order valence-corrected chi connectivity index (χ2v) is 11.0. The van der Waals surface area contributed by atoms with Gasteiger partial charge in [-0.25, -0.2) is 0 Å². The molecule has 3 aliphatic heterocycles. The molecule has 3 aromatic rings. The summed E-state index contributed by atoms with van der Waals surface area (Å²) in [4.78, 5) is 9.87. The Labute approximate surface area is 243 Å². The van der Waals surface area contributed by atoms with Crippen LogP contribution in [0.25, 0.3) is 0 Å². The summed E-state index contributed by atoms with van der Waals surface area (Å²) in [6.45, 7) is 6.20. The maximum absolute atomic E-state index is 6.30. The molecule has 1 aromatic heterocycles. The van der Waals surface area contributed by atoms with Crippen molar-refractivity contribution in [3.8, 4) is 17.4 Å². The summed E-state index contributed by atoms with van der Waals surface area (Å²) in [6.07, 6.45) is 5.38. The number of anilines is 2. The van der Waals surface area contributed by atoms with E-state index < -0.39 is 0 Å². The number of benzene rings is 2. The minimum absolute atomic E-state index is 0.241. The van der Waals surface area contributed by atoms with Gasteiger partial charge in [0.25, 0.3) is 0 Å². The Kier molecular flexibility index (Phi) is 9.08. The zero-order chi connectivity index (χ0) is 27.9. The van der Waals surface area contributed by atoms with Gasteiger partial charge in [0.2, 0.25) is 5.88 Å². The van der Waals surface area contributed by atoms with Crippen LogP contribution in [0.15, 0.2) is 60.7 Å². The molecule has 1 unspecified atom stereocenters. The smallest absolute Gasteiger partial charge is 0.217 e. The molecule has 3 aliphatic rings. The van der Waals surface area contributed by atoms with Gasteiger partial charge in [0.1, 0.15) is 30.0 Å². The van der Waals surface area contributed by atoms with Crippen LogP contribution in [0.3, 0.4) is 0 Å². The molecule has 1 atom stereocenters. The summed E-state index contributed by atoms with van der Waals surface area (Å²) in [6, 6.07) is 21.3. The highest BCUT2D eigenvalue weighted by atomic mass is 16.5. The third-order valence-electron chi connectivity index (χ3n) is 8.21. The van der Waals surface area contributed by atoms with Crippen molar-refractivity contribution < 1.29 is 23.7 Å². The monoisotopic (exact) mass is 559 g/mol. The van der Waals surface area contributed by atoms with Gasteiger partial charge in [-0.15, -0.1) is 0 Å². The number of hydrogen-bond donors (Lipinski definition) is 0. The van der Waals surface area contributed by atoms with Gasteiger partial charge >= 0.3 is 0 Å². The molecule has 0 radical (unpaired) electrons. The van der Waals surface area contributed by atoms with Crippen molar-refractivity contribution in [2.75, 3.05) is 63.0 Å². The summed E-state index contributed by atoms with van der Waals surface area (Å²) < 4.78 is 29.0. The average molecular weight is 560 g/mol. The molecule has 0 aliphatic carbocycles. The molecule has 4 heterocycles. The standard InChI is InChI=1S/C33H41N3O5/c1-37-29-9-7-25(8-10-29)24-40-33-23-28(35-14-18-39-19-15-35)22-32(34-33)36-13-3-5-27(36)20-26-4-2-6-31(21-26)41-30-11-16-38-17-12-30/h2,4,6-10,21-23,27,30H,3,5,11-20,24H2,1H3. The quantitative estimate of drug-likeness (QED) is 0.333. The lowest BCUT2D eigenvalue weighted by Crippen LogP contribution is -2.37. The Morgan fingerprint density at radius 2 is 1.63 bits per heavy atom. The van der Waals surface area contributed by atoms with Crippen molar-refractivity contribution in [1.29, 1.82) is 0 Å². The Morgan fingerprint density at radius 1 is 0.829 bits per heavy atom. The van der Waals surface area contributed by atoms with E-state index in [-0.39, 0.29) is 6.10 Å². The molecule has 3 saturated heterocycles. The van der Waals surface area contributed by atoms with E-state index in [1.807, 2.05) is 24.3 Å². The van der Waals surface area contributed by atoms with Crippen molar-refractivity contribution >= 4 is 11.5 Å². The van der Waals surface area contributed by atoms with E-state index in [2.05, 4.69) is 46.2 Å². The zero-order valence-corrected chi connectivity index (χ0v) is 24.0. The first kappa shape index (κ1) is 27.7. The third-order valence-corrected chi connectivity index (χ3v) is 8.21. The van der Waals surface area contributed by atoms with E-state index in [9.17, 15) is 0 Å². The minimum atomic E-state index is 0.241. The second kappa shape index (κ2) is 13.4. The SMILES string of the molecule is COc1ccc(COc2cc(N3CCOCC3)cc(N3CCCC3Cc3cccc(OC4CCOCC4)c3)n2)cc1. The van der Waals surface area contributed by atoms with Gasteiger partial charge < -0.3 is 33.5 Å². The molecule has 41 heavy (non-hydrogen) atoms. The fraction of sp³-hybridized carbons (Fsp3) is 0.485. The predicted octanol–water partition coefficient (Wildman–Crippen LogP) is 5.28. The summed E-state index contributed by atoms with van der Waals surface area (Å²) in [5.41, 5.74) is 3.51. The van der Waals surface area contributed by atoms with Gasteiger partial charge in [0.05, 0.1) is 33.5 Å². The van der Waals surface area contributed by atoms with Crippen LogP contribution in [-0.2, 0) is 22.5 Å². The molecule has 8 heteroatoms. The highest BCUT2D eigenvalue weighted by molar-refractivity contribution is 5.59. The van der Waals surface area contributed by atoms with E-state index in [1.54, 1.807) is 7.11 Å². The van der Waals surface area contributed by atoms with Crippen LogP contribution in [0.2, 0.25) is 0 Å². The normalized spacial score (nSPS) is 19.8. The lowest BCUT2D eigenvalue weighted by Gasteiger charge is -2.31. The molecule has 0 bridgehead atoms. The Morgan fingerprint density at radius 3 is 2.44 bits per heavy atom. The molecular formula is C33H41N3O5. The lowest BCUT2D eigenvalue weighted by atomic mass is 10.0. The van der Waals surface area contributed by atoms with E-state index in [0.717, 1.165) is 107 Å². The van der Waals surface area contributed by atoms with Crippen LogP contribution in [-0.4, -0.2) is 70.3 Å². The highest BCUT2D eigenvalue weighted by Gasteiger charge is 2.28. The molecular weight excluding hydrogens is 518 g/mol. The molecule has 6 rings (SSSR count). The number of rotatable bonds is 10. The van der Waals surface area contributed by atoms with Crippen LogP contribution in [0.4, 0.5) is 11.5 Å². The van der Waals surface area contributed by atoms with Gasteiger partial charge in [0, 0.05) is 56.3 Å². The van der Waals surface area contributed by atoms with E-state index in [1.165, 1.54) is 5.56 Å². The molecule has 0 saturated carbocycles. The Bertz CT molecular complexity index is 1260. The fourth-order valence-corrected chi connectivity index (χ4v) is 5.94. The highest BCUT2D eigenvalue weighted by Crippen LogP contribution is 2.33. The van der Waals surface area contributed by atoms with Crippen molar-refractivity contribution in [2.45, 2.75) is 50.9 Å². The molecule has 0 amide bonds. The Hall–Kier alpha value is -3.49. The average Bonchev–Trinajstić information content (AvgIpc) is 3.49. The van der Waals surface area contributed by atoms with E-state index in [4.69, 9.17) is 28.7 Å². The van der Waals surface area contributed by atoms with Gasteiger partial charge in [-0.3, -0.25) is 0 Å². The van der Waals surface area contributed by atoms with Crippen LogP contribution in [0, 0.1) is 0 Å². The molecule has 3 fully saturated rings. The van der Waals surface area contributed by atoms with Gasteiger partial charge in [0.15, 0.2) is 0 Å². The van der Waals surface area contributed by atoms with Crippen molar-refractivity contribution in [3.05, 3.63) is 71.8 Å². The lowest BCUT2D eigenvalue weighted by molar-refractivity contribution is 0.0255. The largest absolute Gasteiger partial charge is 0.497 e. The second-order valence-electron chi connectivity index (χ2n) is 11.0. The molecule has 2 aromatic carbocycles. The first-order valence-electron chi connectivity index (χ1n) is 14.9. The maximum Gasteiger partial charge on any atom is 0.217 e. The molecule has 0 N–H and O–H groups in total. The summed E-state index contributed by atoms with van der Waals surface area (Å²) in [7, 11) is 1.68. The van der Waals surface area contributed by atoms with Crippen molar-refractivity contribution in [2.24, 2.45) is 0 Å². The number of aromatic nitrogens is 1. The summed E-state index contributed by atoms with van der Waals surface area (Å²) >= 11 is 0. The first-order valence-corrected chi connectivity index (χ1v) is 14.9. The van der Waals surface area contributed by atoms with Gasteiger partial charge in [-0.2, -0.15) is 4.98 Å². The number of methoxy groups -OCH3 is 1. The molecule has 0 spiro atoms.